The van der Waals surface area contributed by atoms with E-state index >= 15 is 0 Å². The van der Waals surface area contributed by atoms with Crippen LogP contribution in [0.5, 0.6) is 0 Å². The van der Waals surface area contributed by atoms with E-state index in [1.165, 1.54) is 11.3 Å². The van der Waals surface area contributed by atoms with Gasteiger partial charge in [0.1, 0.15) is 0 Å². The molecule has 1 nitrogen and oxygen atoms in total. The van der Waals surface area contributed by atoms with Crippen molar-refractivity contribution in [3.63, 3.8) is 0 Å². The van der Waals surface area contributed by atoms with Gasteiger partial charge < -0.3 is 5.73 Å². The fraction of sp³-hybridized carbons (Fsp3) is 0. The van der Waals surface area contributed by atoms with Crippen LogP contribution in [0.4, 0.5) is 0 Å². The number of rotatable bonds is 1. The summed E-state index contributed by atoms with van der Waals surface area (Å²) in [6.45, 7) is 3.57. The molecule has 0 aliphatic rings. The Balaban J connectivity index is 0.000000640. The van der Waals surface area contributed by atoms with Crippen molar-refractivity contribution in [2.45, 2.75) is 0 Å². The van der Waals surface area contributed by atoms with Gasteiger partial charge >= 0.3 is 0 Å². The summed E-state index contributed by atoms with van der Waals surface area (Å²) < 4.78 is 0. The van der Waals surface area contributed by atoms with Crippen LogP contribution in [0.3, 0.4) is 0 Å². The summed E-state index contributed by atoms with van der Waals surface area (Å²) >= 11 is 1.48. The van der Waals surface area contributed by atoms with Gasteiger partial charge in [0.25, 0.3) is 0 Å². The average Bonchev–Trinajstić information content (AvgIpc) is 2.12. The monoisotopic (exact) mass is 213 g/mol. The van der Waals surface area contributed by atoms with Gasteiger partial charge in [-0.3, -0.25) is 11.3 Å². The van der Waals surface area contributed by atoms with Crippen LogP contribution in [0.25, 0.3) is 5.70 Å². The average molecular weight is 213 g/mol. The maximum atomic E-state index is 5.35. The van der Waals surface area contributed by atoms with Gasteiger partial charge in [-0.15, -0.1) is 10.3 Å². The topological polar surface area (TPSA) is 26.0 Å². The summed E-state index contributed by atoms with van der Waals surface area (Å²) in [7, 11) is 0. The van der Waals surface area contributed by atoms with Gasteiger partial charge in [-0.2, -0.15) is 12.1 Å². The second-order valence-corrected chi connectivity index (χ2v) is 2.32. The maximum absolute atomic E-state index is 5.35. The molecule has 0 bridgehead atoms. The van der Waals surface area contributed by atoms with Gasteiger partial charge in [0.2, 0.25) is 0 Å². The number of thiophene rings is 1. The molecule has 0 aliphatic heterocycles. The van der Waals surface area contributed by atoms with Gasteiger partial charge in [0, 0.05) is 32.7 Å². The number of nitrogens with two attached hydrogens (primary N) is 1. The molecule has 1 radical (unpaired) electrons. The molecule has 0 amide bonds. The molecule has 2 N–H and O–H groups in total. The van der Waals surface area contributed by atoms with E-state index < -0.39 is 0 Å². The molecular weight excluding hydrogens is 207 g/mol. The molecule has 0 unspecified atom stereocenters. The van der Waals surface area contributed by atoms with Crippen molar-refractivity contribution >= 4 is 17.0 Å². The molecule has 1 heterocycles. The van der Waals surface area contributed by atoms with Gasteiger partial charge in [0.15, 0.2) is 0 Å². The fourth-order valence-electron chi connectivity index (χ4n) is 0.414. The molecular formula is C6H6NSY-. The van der Waals surface area contributed by atoms with E-state index in [2.05, 4.69) is 12.0 Å². The van der Waals surface area contributed by atoms with Crippen molar-refractivity contribution in [3.05, 3.63) is 29.0 Å². The zero-order chi connectivity index (χ0) is 5.98. The van der Waals surface area contributed by atoms with Crippen molar-refractivity contribution in [1.82, 2.24) is 0 Å². The summed E-state index contributed by atoms with van der Waals surface area (Å²) in [5.74, 6) is 0. The minimum Gasteiger partial charge on any atom is -0.409 e. The fourth-order valence-corrected chi connectivity index (χ4v) is 0.944. The number of hydrogen-bond donors (Lipinski definition) is 1. The van der Waals surface area contributed by atoms with E-state index in [4.69, 9.17) is 5.73 Å². The Kier molecular flexibility index (Phi) is 4.37. The molecule has 1 rings (SSSR count). The first-order chi connectivity index (χ1) is 3.80. The molecule has 0 spiro atoms. The number of hydrogen-bond acceptors (Lipinski definition) is 2. The molecule has 0 aromatic carbocycles. The van der Waals surface area contributed by atoms with Crippen LogP contribution >= 0.6 is 11.3 Å². The molecule has 0 aliphatic carbocycles. The van der Waals surface area contributed by atoms with Crippen LogP contribution in [0.1, 0.15) is 4.88 Å². The first-order valence-electron chi connectivity index (χ1n) is 2.21. The van der Waals surface area contributed by atoms with E-state index in [1.807, 2.05) is 12.1 Å². The Morgan fingerprint density at radius 2 is 2.44 bits per heavy atom. The van der Waals surface area contributed by atoms with E-state index in [0.29, 0.717) is 5.70 Å². The van der Waals surface area contributed by atoms with Crippen molar-refractivity contribution in [2.75, 3.05) is 0 Å². The molecule has 0 fully saturated rings. The van der Waals surface area contributed by atoms with Gasteiger partial charge in [-0.1, -0.05) is 6.58 Å². The van der Waals surface area contributed by atoms with Crippen LogP contribution < -0.4 is 5.73 Å². The third-order valence-electron chi connectivity index (χ3n) is 0.788. The second kappa shape index (κ2) is 4.21. The minimum atomic E-state index is 0. The molecule has 3 heteroatoms. The van der Waals surface area contributed by atoms with E-state index in [1.54, 1.807) is 0 Å². The Bertz CT molecular complexity index is 181. The summed E-state index contributed by atoms with van der Waals surface area (Å²) in [5.41, 5.74) is 5.98. The Hall–Kier alpha value is 0.344. The SMILES string of the molecule is C=C(N)c1cc[c-]s1.[Y]. The standard InChI is InChI=1S/C6H6NS.Y/c1-5(7)6-3-2-4-8-6;/h2-3H,1,7H2;/q-1;. The summed E-state index contributed by atoms with van der Waals surface area (Å²) in [4.78, 5) is 1.00. The Morgan fingerprint density at radius 1 is 1.78 bits per heavy atom. The van der Waals surface area contributed by atoms with Crippen molar-refractivity contribution < 1.29 is 32.7 Å². The smallest absolute Gasteiger partial charge is 0 e. The molecule has 9 heavy (non-hydrogen) atoms. The molecule has 0 atom stereocenters. The molecule has 0 saturated carbocycles. The van der Waals surface area contributed by atoms with Crippen molar-refractivity contribution in [3.8, 4) is 0 Å². The first kappa shape index (κ1) is 9.34. The summed E-state index contributed by atoms with van der Waals surface area (Å²) in [6.07, 6.45) is 0. The first-order valence-corrected chi connectivity index (χ1v) is 3.03. The zero-order valence-electron chi connectivity index (χ0n) is 4.92. The van der Waals surface area contributed by atoms with Gasteiger partial charge in [-0.05, 0) is 5.70 Å². The maximum Gasteiger partial charge on any atom is 0 e. The van der Waals surface area contributed by atoms with Crippen LogP contribution in [-0.4, -0.2) is 0 Å². The van der Waals surface area contributed by atoms with Crippen LogP contribution in [0.15, 0.2) is 18.7 Å². The van der Waals surface area contributed by atoms with Crippen LogP contribution in [0.2, 0.25) is 0 Å². The molecule has 0 saturated heterocycles. The third kappa shape index (κ3) is 2.61. The third-order valence-corrected chi connectivity index (χ3v) is 1.66. The van der Waals surface area contributed by atoms with Gasteiger partial charge in [-0.25, -0.2) is 0 Å². The van der Waals surface area contributed by atoms with E-state index in [0.717, 1.165) is 4.88 Å². The second-order valence-electron chi connectivity index (χ2n) is 1.44. The van der Waals surface area contributed by atoms with Crippen LogP contribution in [-0.2, 0) is 32.7 Å². The Morgan fingerprint density at radius 3 is 2.67 bits per heavy atom. The normalized spacial score (nSPS) is 8.00. The Labute approximate surface area is 83.8 Å². The quantitative estimate of drug-likeness (QED) is 0.702. The summed E-state index contributed by atoms with van der Waals surface area (Å²) in [5, 5.41) is 2.91. The van der Waals surface area contributed by atoms with Crippen LogP contribution in [0, 0.1) is 5.38 Å². The summed E-state index contributed by atoms with van der Waals surface area (Å²) in [6, 6.07) is 3.73. The van der Waals surface area contributed by atoms with Gasteiger partial charge in [0.05, 0.1) is 0 Å². The minimum absolute atomic E-state index is 0. The largest absolute Gasteiger partial charge is 0.409 e. The van der Waals surface area contributed by atoms with E-state index in [-0.39, 0.29) is 32.7 Å². The molecule has 1 aromatic rings. The van der Waals surface area contributed by atoms with Crippen molar-refractivity contribution in [2.24, 2.45) is 5.73 Å². The predicted molar refractivity (Wildman–Crippen MR) is 36.4 cm³/mol. The molecule has 45 valence electrons. The van der Waals surface area contributed by atoms with Crippen molar-refractivity contribution in [1.29, 1.82) is 0 Å². The molecule has 1 aromatic heterocycles. The zero-order valence-corrected chi connectivity index (χ0v) is 8.58. The predicted octanol–water partition coefficient (Wildman–Crippen LogP) is 1.48. The van der Waals surface area contributed by atoms with E-state index in [9.17, 15) is 0 Å².